The standard InChI is InChI=1S/C22H20N4O4/c1-11-19(12(2)30-26-11)13-6-7-16-18(9-13)24-10-17(21(23)27)20(16)25-15-5-3-4-14(8-15)22(28)29/h3-10,12,19H,1-2H3,(H2,23,27)(H,24,25)(H,28,29). The summed E-state index contributed by atoms with van der Waals surface area (Å²) in [6.45, 7) is 3.88. The maximum Gasteiger partial charge on any atom is 0.335 e. The zero-order valence-corrected chi connectivity index (χ0v) is 16.4. The Labute approximate surface area is 172 Å². The van der Waals surface area contributed by atoms with Gasteiger partial charge < -0.3 is 21.0 Å². The molecule has 0 aliphatic carbocycles. The van der Waals surface area contributed by atoms with Crippen molar-refractivity contribution in [1.82, 2.24) is 4.98 Å². The Morgan fingerprint density at radius 3 is 2.67 bits per heavy atom. The van der Waals surface area contributed by atoms with Crippen molar-refractivity contribution in [3.8, 4) is 0 Å². The Morgan fingerprint density at radius 1 is 1.20 bits per heavy atom. The van der Waals surface area contributed by atoms with E-state index in [0.717, 1.165) is 11.3 Å². The lowest BCUT2D eigenvalue weighted by Gasteiger charge is -2.17. The van der Waals surface area contributed by atoms with E-state index < -0.39 is 11.9 Å². The number of primary amides is 1. The number of oxime groups is 1. The number of amides is 1. The van der Waals surface area contributed by atoms with E-state index in [9.17, 15) is 14.7 Å². The molecule has 4 rings (SSSR count). The van der Waals surface area contributed by atoms with Crippen molar-refractivity contribution in [2.45, 2.75) is 25.9 Å². The number of anilines is 2. The van der Waals surface area contributed by atoms with Gasteiger partial charge in [0.2, 0.25) is 0 Å². The van der Waals surface area contributed by atoms with Gasteiger partial charge in [0.25, 0.3) is 5.91 Å². The van der Waals surface area contributed by atoms with E-state index >= 15 is 0 Å². The van der Waals surface area contributed by atoms with E-state index in [1.807, 2.05) is 32.0 Å². The van der Waals surface area contributed by atoms with Crippen LogP contribution < -0.4 is 11.1 Å². The van der Waals surface area contributed by atoms with Crippen LogP contribution in [0.1, 0.15) is 46.0 Å². The highest BCUT2D eigenvalue weighted by Crippen LogP contribution is 2.34. The van der Waals surface area contributed by atoms with Crippen LogP contribution in [0.5, 0.6) is 0 Å². The van der Waals surface area contributed by atoms with Crippen LogP contribution in [0.3, 0.4) is 0 Å². The number of hydrogen-bond donors (Lipinski definition) is 3. The average molecular weight is 404 g/mol. The van der Waals surface area contributed by atoms with Crippen molar-refractivity contribution in [3.05, 3.63) is 65.4 Å². The van der Waals surface area contributed by atoms with Crippen molar-refractivity contribution >= 4 is 39.9 Å². The first-order valence-corrected chi connectivity index (χ1v) is 9.38. The van der Waals surface area contributed by atoms with Crippen LogP contribution in [0, 0.1) is 0 Å². The summed E-state index contributed by atoms with van der Waals surface area (Å²) in [5.74, 6) is -1.65. The van der Waals surface area contributed by atoms with Gasteiger partial charge in [-0.25, -0.2) is 4.79 Å². The van der Waals surface area contributed by atoms with Crippen molar-refractivity contribution < 1.29 is 19.5 Å². The number of nitrogens with two attached hydrogens (primary N) is 1. The minimum atomic E-state index is -1.04. The molecule has 0 bridgehead atoms. The second-order valence-corrected chi connectivity index (χ2v) is 7.22. The first-order valence-electron chi connectivity index (χ1n) is 9.38. The third kappa shape index (κ3) is 3.43. The van der Waals surface area contributed by atoms with Crippen LogP contribution in [0.4, 0.5) is 11.4 Å². The molecule has 0 radical (unpaired) electrons. The van der Waals surface area contributed by atoms with Crippen LogP contribution in [-0.2, 0) is 4.84 Å². The molecule has 3 aromatic rings. The Morgan fingerprint density at radius 2 is 2.00 bits per heavy atom. The van der Waals surface area contributed by atoms with Crippen molar-refractivity contribution in [2.75, 3.05) is 5.32 Å². The maximum atomic E-state index is 12.0. The fraction of sp³-hybridized carbons (Fsp3) is 0.182. The number of carbonyl (C=O) groups excluding carboxylic acids is 1. The normalized spacial score (nSPS) is 18.0. The molecule has 2 unspecified atom stereocenters. The summed E-state index contributed by atoms with van der Waals surface area (Å²) in [5, 5.41) is 17.1. The molecule has 0 fully saturated rings. The molecule has 2 atom stereocenters. The zero-order valence-electron chi connectivity index (χ0n) is 16.4. The van der Waals surface area contributed by atoms with Crippen LogP contribution in [0.15, 0.2) is 53.8 Å². The molecule has 30 heavy (non-hydrogen) atoms. The van der Waals surface area contributed by atoms with Gasteiger partial charge in [-0.05, 0) is 43.7 Å². The minimum Gasteiger partial charge on any atom is -0.478 e. The van der Waals surface area contributed by atoms with Crippen LogP contribution in [0.2, 0.25) is 0 Å². The maximum absolute atomic E-state index is 12.0. The molecule has 4 N–H and O–H groups in total. The predicted molar refractivity (Wildman–Crippen MR) is 113 cm³/mol. The SMILES string of the molecule is CC1=NOC(C)C1c1ccc2c(Nc3cccc(C(=O)O)c3)c(C(N)=O)cnc2c1. The Bertz CT molecular complexity index is 1200. The molecule has 0 saturated heterocycles. The van der Waals surface area contributed by atoms with Crippen LogP contribution >= 0.6 is 0 Å². The number of nitrogens with zero attached hydrogens (tertiary/aromatic N) is 2. The molecule has 8 nitrogen and oxygen atoms in total. The molecule has 8 heteroatoms. The van der Waals surface area contributed by atoms with Gasteiger partial charge in [0, 0.05) is 17.3 Å². The van der Waals surface area contributed by atoms with Gasteiger partial charge in [0.1, 0.15) is 6.10 Å². The first-order chi connectivity index (χ1) is 14.3. The molecule has 0 saturated carbocycles. The zero-order chi connectivity index (χ0) is 21.4. The van der Waals surface area contributed by atoms with Crippen molar-refractivity contribution in [3.63, 3.8) is 0 Å². The number of pyridine rings is 1. The van der Waals surface area contributed by atoms with E-state index in [2.05, 4.69) is 15.5 Å². The Kier molecular flexibility index (Phi) is 4.83. The molecule has 1 aliphatic rings. The number of hydrogen-bond acceptors (Lipinski definition) is 6. The van der Waals surface area contributed by atoms with Gasteiger partial charge in [-0.2, -0.15) is 0 Å². The third-order valence-corrected chi connectivity index (χ3v) is 5.18. The van der Waals surface area contributed by atoms with E-state index in [-0.39, 0.29) is 23.1 Å². The summed E-state index contributed by atoms with van der Waals surface area (Å²) in [6.07, 6.45) is 1.34. The summed E-state index contributed by atoms with van der Waals surface area (Å²) < 4.78 is 0. The second kappa shape index (κ2) is 7.47. The smallest absolute Gasteiger partial charge is 0.335 e. The number of aromatic carboxylic acids is 1. The number of carboxylic acid groups (broad SMARTS) is 1. The molecule has 1 aliphatic heterocycles. The molecular formula is C22H20N4O4. The highest BCUT2D eigenvalue weighted by molar-refractivity contribution is 6.08. The fourth-order valence-electron chi connectivity index (χ4n) is 3.74. The van der Waals surface area contributed by atoms with Gasteiger partial charge in [-0.15, -0.1) is 0 Å². The van der Waals surface area contributed by atoms with E-state index in [1.165, 1.54) is 18.3 Å². The number of benzene rings is 2. The Hall–Kier alpha value is -3.94. The lowest BCUT2D eigenvalue weighted by atomic mass is 9.90. The van der Waals surface area contributed by atoms with Crippen molar-refractivity contribution in [2.24, 2.45) is 10.9 Å². The van der Waals surface area contributed by atoms with E-state index in [4.69, 9.17) is 10.6 Å². The quantitative estimate of drug-likeness (QED) is 0.596. The molecule has 2 heterocycles. The molecule has 152 valence electrons. The molecular weight excluding hydrogens is 384 g/mol. The predicted octanol–water partition coefficient (Wildman–Crippen LogP) is 3.65. The molecule has 1 amide bonds. The second-order valence-electron chi connectivity index (χ2n) is 7.22. The van der Waals surface area contributed by atoms with Gasteiger partial charge in [0.05, 0.1) is 34.0 Å². The fourth-order valence-corrected chi connectivity index (χ4v) is 3.74. The summed E-state index contributed by atoms with van der Waals surface area (Å²) in [4.78, 5) is 33.1. The van der Waals surface area contributed by atoms with Gasteiger partial charge in [0.15, 0.2) is 0 Å². The number of carbonyl (C=O) groups is 2. The lowest BCUT2D eigenvalue weighted by molar-refractivity contribution is 0.0696. The third-order valence-electron chi connectivity index (χ3n) is 5.18. The van der Waals surface area contributed by atoms with Gasteiger partial charge in [-0.1, -0.05) is 23.4 Å². The summed E-state index contributed by atoms with van der Waals surface area (Å²) in [7, 11) is 0. The topological polar surface area (TPSA) is 127 Å². The van der Waals surface area contributed by atoms with Crippen LogP contribution in [0.25, 0.3) is 10.9 Å². The van der Waals surface area contributed by atoms with Gasteiger partial charge in [-0.3, -0.25) is 9.78 Å². The summed E-state index contributed by atoms with van der Waals surface area (Å²) in [5.41, 5.74) is 9.46. The van der Waals surface area contributed by atoms with Gasteiger partial charge >= 0.3 is 5.97 Å². The van der Waals surface area contributed by atoms with Crippen molar-refractivity contribution in [1.29, 1.82) is 0 Å². The lowest BCUT2D eigenvalue weighted by Crippen LogP contribution is -2.17. The van der Waals surface area contributed by atoms with E-state index in [0.29, 0.717) is 22.3 Å². The summed E-state index contributed by atoms with van der Waals surface area (Å²) in [6, 6.07) is 12.1. The van der Waals surface area contributed by atoms with Crippen LogP contribution in [-0.4, -0.2) is 33.8 Å². The van der Waals surface area contributed by atoms with E-state index in [1.54, 1.807) is 12.1 Å². The number of carboxylic acids is 1. The first kappa shape index (κ1) is 19.4. The Balaban J connectivity index is 1.81. The molecule has 1 aromatic heterocycles. The number of rotatable bonds is 5. The highest BCUT2D eigenvalue weighted by atomic mass is 16.6. The summed E-state index contributed by atoms with van der Waals surface area (Å²) >= 11 is 0. The highest BCUT2D eigenvalue weighted by Gasteiger charge is 2.30. The minimum absolute atomic E-state index is 0.0238. The molecule has 2 aromatic carbocycles. The monoisotopic (exact) mass is 404 g/mol. The largest absolute Gasteiger partial charge is 0.478 e. The average Bonchev–Trinajstić information content (AvgIpc) is 3.05. The number of nitrogens with one attached hydrogen (secondary N) is 1. The molecule has 0 spiro atoms. The number of aromatic nitrogens is 1. The number of fused-ring (bicyclic) bond motifs is 1.